The van der Waals surface area contributed by atoms with Gasteiger partial charge in [-0.2, -0.15) is 0 Å². The molecule has 108 valence electrons. The van der Waals surface area contributed by atoms with E-state index >= 15 is 0 Å². The SMILES string of the molecule is COc1ccc(Cl)cc1C(=O)Nc1ccc(C(=O)[O-])cc1. The minimum atomic E-state index is -1.27. The molecule has 21 heavy (non-hydrogen) atoms. The van der Waals surface area contributed by atoms with E-state index in [2.05, 4.69) is 5.32 Å². The number of halogens is 1. The molecule has 0 aliphatic rings. The molecule has 0 radical (unpaired) electrons. The van der Waals surface area contributed by atoms with Crippen molar-refractivity contribution in [1.29, 1.82) is 0 Å². The number of rotatable bonds is 4. The normalized spacial score (nSPS) is 10.0. The molecule has 0 fully saturated rings. The summed E-state index contributed by atoms with van der Waals surface area (Å²) in [5, 5.41) is 13.7. The van der Waals surface area contributed by atoms with E-state index in [1.54, 1.807) is 12.1 Å². The maximum atomic E-state index is 12.2. The highest BCUT2D eigenvalue weighted by Crippen LogP contribution is 2.23. The molecule has 0 atom stereocenters. The van der Waals surface area contributed by atoms with Crippen molar-refractivity contribution in [2.45, 2.75) is 0 Å². The number of amides is 1. The van der Waals surface area contributed by atoms with Crippen molar-refractivity contribution in [3.63, 3.8) is 0 Å². The Hall–Kier alpha value is -2.53. The summed E-state index contributed by atoms with van der Waals surface area (Å²) in [4.78, 5) is 22.8. The number of aromatic carboxylic acids is 1. The smallest absolute Gasteiger partial charge is 0.259 e. The zero-order valence-electron chi connectivity index (χ0n) is 11.1. The van der Waals surface area contributed by atoms with Gasteiger partial charge in [-0.05, 0) is 35.9 Å². The van der Waals surface area contributed by atoms with Crippen LogP contribution in [0.15, 0.2) is 42.5 Å². The number of benzene rings is 2. The number of carbonyl (C=O) groups is 2. The number of ether oxygens (including phenoxy) is 1. The number of hydrogen-bond donors (Lipinski definition) is 1. The monoisotopic (exact) mass is 304 g/mol. The summed E-state index contributed by atoms with van der Waals surface area (Å²) in [6.07, 6.45) is 0. The molecule has 0 saturated carbocycles. The molecular formula is C15H11ClNO4-. The first kappa shape index (κ1) is 14.9. The van der Waals surface area contributed by atoms with E-state index < -0.39 is 11.9 Å². The molecule has 0 bridgehead atoms. The number of carboxylic acid groups (broad SMARTS) is 1. The molecule has 2 rings (SSSR count). The fourth-order valence-electron chi connectivity index (χ4n) is 1.75. The first-order valence-corrected chi connectivity index (χ1v) is 6.35. The standard InChI is InChI=1S/C15H12ClNO4/c1-21-13-7-4-10(16)8-12(13)14(18)17-11-5-2-9(3-6-11)15(19)20/h2-8H,1H3,(H,17,18)(H,19,20)/p-1. The zero-order valence-corrected chi connectivity index (χ0v) is 11.8. The van der Waals surface area contributed by atoms with Crippen molar-refractivity contribution < 1.29 is 19.4 Å². The highest BCUT2D eigenvalue weighted by atomic mass is 35.5. The van der Waals surface area contributed by atoms with Gasteiger partial charge in [-0.1, -0.05) is 23.7 Å². The summed E-state index contributed by atoms with van der Waals surface area (Å²) in [6.45, 7) is 0. The third-order valence-electron chi connectivity index (χ3n) is 2.78. The molecular weight excluding hydrogens is 294 g/mol. The van der Waals surface area contributed by atoms with Crippen LogP contribution in [0.1, 0.15) is 20.7 Å². The Morgan fingerprint density at radius 2 is 1.81 bits per heavy atom. The van der Waals surface area contributed by atoms with E-state index in [1.165, 1.54) is 37.4 Å². The first-order valence-electron chi connectivity index (χ1n) is 5.97. The van der Waals surface area contributed by atoms with E-state index in [0.29, 0.717) is 16.5 Å². The van der Waals surface area contributed by atoms with Gasteiger partial charge in [0, 0.05) is 10.7 Å². The second kappa shape index (κ2) is 6.28. The summed E-state index contributed by atoms with van der Waals surface area (Å²) < 4.78 is 5.10. The Labute approximate surface area is 126 Å². The van der Waals surface area contributed by atoms with E-state index in [9.17, 15) is 14.7 Å². The lowest BCUT2D eigenvalue weighted by Crippen LogP contribution is -2.22. The van der Waals surface area contributed by atoms with Gasteiger partial charge in [0.2, 0.25) is 0 Å². The predicted molar refractivity (Wildman–Crippen MR) is 76.7 cm³/mol. The molecule has 6 heteroatoms. The van der Waals surface area contributed by atoms with Gasteiger partial charge in [-0.25, -0.2) is 0 Å². The Balaban J connectivity index is 2.21. The van der Waals surface area contributed by atoms with Crippen LogP contribution in [0.25, 0.3) is 0 Å². The molecule has 0 unspecified atom stereocenters. The summed E-state index contributed by atoms with van der Waals surface area (Å²) in [6, 6.07) is 10.3. The number of nitrogens with one attached hydrogen (secondary N) is 1. The lowest BCUT2D eigenvalue weighted by Gasteiger charge is -2.10. The second-order valence-electron chi connectivity index (χ2n) is 4.16. The quantitative estimate of drug-likeness (QED) is 0.936. The largest absolute Gasteiger partial charge is 0.545 e. The van der Waals surface area contributed by atoms with Gasteiger partial charge >= 0.3 is 0 Å². The Morgan fingerprint density at radius 3 is 2.38 bits per heavy atom. The maximum Gasteiger partial charge on any atom is 0.259 e. The van der Waals surface area contributed by atoms with Crippen LogP contribution >= 0.6 is 11.6 Å². The summed E-state index contributed by atoms with van der Waals surface area (Å²) in [5.41, 5.74) is 0.773. The van der Waals surface area contributed by atoms with Crippen molar-refractivity contribution in [2.75, 3.05) is 12.4 Å². The third-order valence-corrected chi connectivity index (χ3v) is 3.02. The Morgan fingerprint density at radius 1 is 1.14 bits per heavy atom. The summed E-state index contributed by atoms with van der Waals surface area (Å²) >= 11 is 5.87. The van der Waals surface area contributed by atoms with Crippen LogP contribution in [0.2, 0.25) is 5.02 Å². The average molecular weight is 305 g/mol. The molecule has 1 N–H and O–H groups in total. The molecule has 0 saturated heterocycles. The van der Waals surface area contributed by atoms with Gasteiger partial charge in [0.15, 0.2) is 0 Å². The summed E-state index contributed by atoms with van der Waals surface area (Å²) in [5.74, 6) is -1.29. The van der Waals surface area contributed by atoms with Crippen molar-refractivity contribution in [1.82, 2.24) is 0 Å². The topological polar surface area (TPSA) is 78.5 Å². The van der Waals surface area contributed by atoms with Gasteiger partial charge in [0.1, 0.15) is 5.75 Å². The number of hydrogen-bond acceptors (Lipinski definition) is 4. The van der Waals surface area contributed by atoms with Gasteiger partial charge < -0.3 is 20.0 Å². The van der Waals surface area contributed by atoms with Gasteiger partial charge in [0.05, 0.1) is 18.6 Å². The van der Waals surface area contributed by atoms with Crippen molar-refractivity contribution in [2.24, 2.45) is 0 Å². The minimum Gasteiger partial charge on any atom is -0.545 e. The molecule has 0 aliphatic carbocycles. The molecule has 5 nitrogen and oxygen atoms in total. The van der Waals surface area contributed by atoms with Crippen LogP contribution in [0, 0.1) is 0 Å². The zero-order chi connectivity index (χ0) is 15.4. The fourth-order valence-corrected chi connectivity index (χ4v) is 1.92. The molecule has 0 spiro atoms. The van der Waals surface area contributed by atoms with E-state index in [4.69, 9.17) is 16.3 Å². The first-order chi connectivity index (χ1) is 10.0. The van der Waals surface area contributed by atoms with Crippen molar-refractivity contribution in [3.8, 4) is 5.75 Å². The van der Waals surface area contributed by atoms with Crippen LogP contribution < -0.4 is 15.2 Å². The molecule has 2 aromatic carbocycles. The van der Waals surface area contributed by atoms with Crippen LogP contribution in [0.5, 0.6) is 5.75 Å². The van der Waals surface area contributed by atoms with Crippen LogP contribution in [-0.2, 0) is 0 Å². The van der Waals surface area contributed by atoms with Gasteiger partial charge in [-0.15, -0.1) is 0 Å². The number of carbonyl (C=O) groups excluding carboxylic acids is 2. The van der Waals surface area contributed by atoms with E-state index in [0.717, 1.165) is 0 Å². The second-order valence-corrected chi connectivity index (χ2v) is 4.60. The molecule has 0 heterocycles. The van der Waals surface area contributed by atoms with E-state index in [1.807, 2.05) is 0 Å². The molecule has 1 amide bonds. The van der Waals surface area contributed by atoms with Gasteiger partial charge in [-0.3, -0.25) is 4.79 Å². The highest BCUT2D eigenvalue weighted by Gasteiger charge is 2.13. The van der Waals surface area contributed by atoms with Crippen molar-refractivity contribution >= 4 is 29.2 Å². The highest BCUT2D eigenvalue weighted by molar-refractivity contribution is 6.31. The van der Waals surface area contributed by atoms with E-state index in [-0.39, 0.29) is 11.1 Å². The Bertz CT molecular complexity index is 683. The molecule has 0 aromatic heterocycles. The van der Waals surface area contributed by atoms with Crippen LogP contribution in [-0.4, -0.2) is 19.0 Å². The minimum absolute atomic E-state index is 0.0355. The maximum absolute atomic E-state index is 12.2. The lowest BCUT2D eigenvalue weighted by atomic mass is 10.1. The number of carboxylic acids is 1. The Kier molecular flexibility index (Phi) is 4.45. The van der Waals surface area contributed by atoms with Crippen LogP contribution in [0.4, 0.5) is 5.69 Å². The van der Waals surface area contributed by atoms with Crippen molar-refractivity contribution in [3.05, 3.63) is 58.6 Å². The summed E-state index contributed by atoms with van der Waals surface area (Å²) in [7, 11) is 1.45. The van der Waals surface area contributed by atoms with Gasteiger partial charge in [0.25, 0.3) is 5.91 Å². The predicted octanol–water partition coefficient (Wildman–Crippen LogP) is 1.96. The molecule has 2 aromatic rings. The third kappa shape index (κ3) is 3.52. The lowest BCUT2D eigenvalue weighted by molar-refractivity contribution is -0.255. The van der Waals surface area contributed by atoms with Crippen LogP contribution in [0.3, 0.4) is 0 Å². The number of methoxy groups -OCH3 is 1. The molecule has 0 aliphatic heterocycles. The fraction of sp³-hybridized carbons (Fsp3) is 0.0667. The number of anilines is 1. The average Bonchev–Trinajstić information content (AvgIpc) is 2.47.